The molecule has 1 aliphatic carbocycles. The third-order valence-electron chi connectivity index (χ3n) is 3.34. The van der Waals surface area contributed by atoms with Crippen LogP contribution >= 0.6 is 0 Å². The van der Waals surface area contributed by atoms with Gasteiger partial charge in [0.15, 0.2) is 0 Å². The third-order valence-corrected chi connectivity index (χ3v) is 3.34. The molecule has 20 heavy (non-hydrogen) atoms. The molecule has 0 heterocycles. The highest BCUT2D eigenvalue weighted by Crippen LogP contribution is 2.23. The lowest BCUT2D eigenvalue weighted by Gasteiger charge is -2.29. The van der Waals surface area contributed by atoms with E-state index in [1.165, 1.54) is 4.90 Å². The second-order valence-corrected chi connectivity index (χ2v) is 4.79. The van der Waals surface area contributed by atoms with E-state index in [0.29, 0.717) is 0 Å². The highest BCUT2D eigenvalue weighted by molar-refractivity contribution is 5.86. The number of aliphatic hydroxyl groups is 1. The summed E-state index contributed by atoms with van der Waals surface area (Å²) in [7, 11) is 0. The Morgan fingerprint density at radius 3 is 2.25 bits per heavy atom. The highest BCUT2D eigenvalue weighted by atomic mass is 16.4. The molecule has 8 heteroatoms. The summed E-state index contributed by atoms with van der Waals surface area (Å²) in [6.07, 6.45) is 2.90. The Labute approximate surface area is 116 Å². The highest BCUT2D eigenvalue weighted by Gasteiger charge is 2.30. The van der Waals surface area contributed by atoms with E-state index in [1.54, 1.807) is 0 Å². The van der Waals surface area contributed by atoms with Gasteiger partial charge in [-0.1, -0.05) is 12.8 Å². The average Bonchev–Trinajstić information content (AvgIpc) is 2.87. The number of hydrogen-bond acceptors (Lipinski definition) is 4. The summed E-state index contributed by atoms with van der Waals surface area (Å²) in [4.78, 5) is 35.0. The summed E-state index contributed by atoms with van der Waals surface area (Å²) in [5, 5.41) is 28.7. The SMILES string of the molecule is O=C(O)CC(NC(=O)N(CCO)C1CCCC1)C(=O)O. The summed E-state index contributed by atoms with van der Waals surface area (Å²) in [5.74, 6) is -2.69. The fourth-order valence-corrected chi connectivity index (χ4v) is 2.38. The molecule has 8 nitrogen and oxygen atoms in total. The van der Waals surface area contributed by atoms with Gasteiger partial charge >= 0.3 is 18.0 Å². The van der Waals surface area contributed by atoms with Crippen molar-refractivity contribution in [2.24, 2.45) is 0 Å². The van der Waals surface area contributed by atoms with Gasteiger partial charge in [-0.3, -0.25) is 4.79 Å². The number of urea groups is 1. The number of amides is 2. The van der Waals surface area contributed by atoms with E-state index in [9.17, 15) is 14.4 Å². The summed E-state index contributed by atoms with van der Waals surface area (Å²) in [6.45, 7) is -0.115. The molecule has 1 fully saturated rings. The summed E-state index contributed by atoms with van der Waals surface area (Å²) < 4.78 is 0. The van der Waals surface area contributed by atoms with E-state index < -0.39 is 30.4 Å². The Bertz CT molecular complexity index is 367. The Kier molecular flexibility index (Phi) is 6.23. The van der Waals surface area contributed by atoms with Gasteiger partial charge in [0.2, 0.25) is 0 Å². The van der Waals surface area contributed by atoms with Crippen molar-refractivity contribution in [2.75, 3.05) is 13.2 Å². The van der Waals surface area contributed by atoms with Crippen molar-refractivity contribution < 1.29 is 29.7 Å². The zero-order valence-corrected chi connectivity index (χ0v) is 11.1. The van der Waals surface area contributed by atoms with E-state index in [4.69, 9.17) is 15.3 Å². The third kappa shape index (κ3) is 4.69. The first-order valence-electron chi connectivity index (χ1n) is 6.58. The van der Waals surface area contributed by atoms with Crippen LogP contribution in [0.2, 0.25) is 0 Å². The van der Waals surface area contributed by atoms with Gasteiger partial charge in [-0.25, -0.2) is 9.59 Å². The van der Waals surface area contributed by atoms with E-state index in [-0.39, 0.29) is 19.2 Å². The molecule has 0 spiro atoms. The average molecular weight is 288 g/mol. The van der Waals surface area contributed by atoms with Crippen molar-refractivity contribution in [3.8, 4) is 0 Å². The fourth-order valence-electron chi connectivity index (χ4n) is 2.38. The van der Waals surface area contributed by atoms with E-state index in [2.05, 4.69) is 5.32 Å². The molecule has 2 amide bonds. The van der Waals surface area contributed by atoms with Gasteiger partial charge in [0.05, 0.1) is 13.0 Å². The molecule has 1 unspecified atom stereocenters. The number of nitrogens with zero attached hydrogens (tertiary/aromatic N) is 1. The molecule has 1 rings (SSSR count). The van der Waals surface area contributed by atoms with Crippen LogP contribution in [0, 0.1) is 0 Å². The number of nitrogens with one attached hydrogen (secondary N) is 1. The first-order valence-corrected chi connectivity index (χ1v) is 6.58. The second kappa shape index (κ2) is 7.68. The van der Waals surface area contributed by atoms with Crippen LogP contribution in [0.5, 0.6) is 0 Å². The smallest absolute Gasteiger partial charge is 0.326 e. The molecule has 0 aromatic rings. The summed E-state index contributed by atoms with van der Waals surface area (Å²) in [5.41, 5.74) is 0. The molecule has 0 saturated heterocycles. The van der Waals surface area contributed by atoms with E-state index >= 15 is 0 Å². The Morgan fingerprint density at radius 1 is 1.20 bits per heavy atom. The molecule has 4 N–H and O–H groups in total. The number of aliphatic hydroxyl groups excluding tert-OH is 1. The van der Waals surface area contributed by atoms with Gasteiger partial charge in [-0.15, -0.1) is 0 Å². The summed E-state index contributed by atoms with van der Waals surface area (Å²) in [6, 6.07) is -2.14. The standard InChI is InChI=1S/C12H20N2O6/c15-6-5-14(8-3-1-2-4-8)12(20)13-9(11(18)19)7-10(16)17/h8-9,15H,1-7H2,(H,13,20)(H,16,17)(H,18,19). The van der Waals surface area contributed by atoms with Crippen LogP contribution < -0.4 is 5.32 Å². The molecule has 0 aromatic heterocycles. The number of carbonyl (C=O) groups is 3. The van der Waals surface area contributed by atoms with Crippen LogP contribution in [0.4, 0.5) is 4.79 Å². The molecule has 0 bridgehead atoms. The topological polar surface area (TPSA) is 127 Å². The lowest BCUT2D eigenvalue weighted by atomic mass is 10.2. The van der Waals surface area contributed by atoms with Crippen LogP contribution in [-0.2, 0) is 9.59 Å². The molecule has 1 aliphatic rings. The molecule has 0 aliphatic heterocycles. The van der Waals surface area contributed by atoms with Crippen LogP contribution in [0.15, 0.2) is 0 Å². The molecular formula is C12H20N2O6. The maximum atomic E-state index is 12.1. The van der Waals surface area contributed by atoms with E-state index in [1.807, 2.05) is 0 Å². The minimum absolute atomic E-state index is 0.0265. The zero-order chi connectivity index (χ0) is 15.1. The first-order chi connectivity index (χ1) is 9.45. The first kappa shape index (κ1) is 16.2. The van der Waals surface area contributed by atoms with Crippen molar-refractivity contribution in [1.29, 1.82) is 0 Å². The van der Waals surface area contributed by atoms with Gasteiger partial charge in [-0.2, -0.15) is 0 Å². The van der Waals surface area contributed by atoms with Crippen molar-refractivity contribution >= 4 is 18.0 Å². The van der Waals surface area contributed by atoms with Gasteiger partial charge < -0.3 is 25.5 Å². The fraction of sp³-hybridized carbons (Fsp3) is 0.750. The Hall–Kier alpha value is -1.83. The molecule has 0 radical (unpaired) electrons. The molecular weight excluding hydrogens is 268 g/mol. The largest absolute Gasteiger partial charge is 0.481 e. The zero-order valence-electron chi connectivity index (χ0n) is 11.1. The predicted octanol–water partition coefficient (Wildman–Crippen LogP) is -0.139. The van der Waals surface area contributed by atoms with Gasteiger partial charge in [0, 0.05) is 12.6 Å². The lowest BCUT2D eigenvalue weighted by Crippen LogP contribution is -2.52. The molecule has 0 aromatic carbocycles. The molecule has 1 atom stereocenters. The normalized spacial score (nSPS) is 16.6. The number of hydrogen-bond donors (Lipinski definition) is 4. The second-order valence-electron chi connectivity index (χ2n) is 4.79. The van der Waals surface area contributed by atoms with Crippen molar-refractivity contribution in [3.63, 3.8) is 0 Å². The maximum Gasteiger partial charge on any atom is 0.326 e. The Balaban J connectivity index is 2.67. The van der Waals surface area contributed by atoms with Crippen LogP contribution in [0.25, 0.3) is 0 Å². The number of rotatable bonds is 7. The number of carboxylic acids is 2. The van der Waals surface area contributed by atoms with Crippen molar-refractivity contribution in [2.45, 2.75) is 44.2 Å². The van der Waals surface area contributed by atoms with Gasteiger partial charge in [0.25, 0.3) is 0 Å². The quantitative estimate of drug-likeness (QED) is 0.516. The maximum absolute atomic E-state index is 12.1. The van der Waals surface area contributed by atoms with Crippen molar-refractivity contribution in [1.82, 2.24) is 10.2 Å². The van der Waals surface area contributed by atoms with Gasteiger partial charge in [0.1, 0.15) is 6.04 Å². The predicted molar refractivity (Wildman–Crippen MR) is 68.3 cm³/mol. The Morgan fingerprint density at radius 2 is 1.80 bits per heavy atom. The molecule has 114 valence electrons. The molecule has 1 saturated carbocycles. The van der Waals surface area contributed by atoms with Crippen LogP contribution in [0.1, 0.15) is 32.1 Å². The van der Waals surface area contributed by atoms with Crippen LogP contribution in [-0.4, -0.2) is 63.4 Å². The number of aliphatic carboxylic acids is 2. The summed E-state index contributed by atoms with van der Waals surface area (Å²) >= 11 is 0. The number of carbonyl (C=O) groups excluding carboxylic acids is 1. The van der Waals surface area contributed by atoms with Crippen LogP contribution in [0.3, 0.4) is 0 Å². The van der Waals surface area contributed by atoms with Gasteiger partial charge in [-0.05, 0) is 12.8 Å². The monoisotopic (exact) mass is 288 g/mol. The number of carboxylic acid groups (broad SMARTS) is 2. The van der Waals surface area contributed by atoms with Crippen molar-refractivity contribution in [3.05, 3.63) is 0 Å². The minimum Gasteiger partial charge on any atom is -0.481 e. The minimum atomic E-state index is -1.47. The van der Waals surface area contributed by atoms with E-state index in [0.717, 1.165) is 25.7 Å². The lowest BCUT2D eigenvalue weighted by molar-refractivity contribution is -0.145.